The molecule has 2 aromatic rings. The summed E-state index contributed by atoms with van der Waals surface area (Å²) in [6.45, 7) is 2.40. The molecule has 1 N–H and O–H groups in total. The minimum Gasteiger partial charge on any atom is -0.481 e. The minimum atomic E-state index is -0.262. The standard InChI is InChI=1S/C26H33N3O5/c1-32-23-9-8-21(24(28-23)33-2)25(31)29-13-11-26(12-14-29)17-20(10-15-34-26)16-22(30)27-18-19-6-4-3-5-7-19/h3-9,20H,10-18H2,1-2H3,(H,27,30). The zero-order valence-corrected chi connectivity index (χ0v) is 19.9. The third-order valence-electron chi connectivity index (χ3n) is 6.83. The first kappa shape index (κ1) is 24.0. The van der Waals surface area contributed by atoms with E-state index in [-0.39, 0.29) is 29.2 Å². The van der Waals surface area contributed by atoms with Gasteiger partial charge in [-0.1, -0.05) is 30.3 Å². The number of likely N-dealkylation sites (tertiary alicyclic amines) is 1. The maximum Gasteiger partial charge on any atom is 0.259 e. The molecule has 3 heterocycles. The number of rotatable bonds is 7. The zero-order valence-electron chi connectivity index (χ0n) is 19.9. The van der Waals surface area contributed by atoms with Crippen LogP contribution in [-0.4, -0.2) is 61.2 Å². The topological polar surface area (TPSA) is 90.0 Å². The molecule has 0 bridgehead atoms. The molecule has 1 unspecified atom stereocenters. The van der Waals surface area contributed by atoms with Gasteiger partial charge in [-0.2, -0.15) is 4.98 Å². The van der Waals surface area contributed by atoms with E-state index in [9.17, 15) is 9.59 Å². The van der Waals surface area contributed by atoms with E-state index in [2.05, 4.69) is 10.3 Å². The van der Waals surface area contributed by atoms with Gasteiger partial charge in [-0.25, -0.2) is 0 Å². The number of carbonyl (C=O) groups excluding carboxylic acids is 2. The maximum atomic E-state index is 13.1. The SMILES string of the molecule is COc1ccc(C(=O)N2CCC3(CC2)CC(CC(=O)NCc2ccccc2)CCO3)c(OC)n1. The first-order valence-corrected chi connectivity index (χ1v) is 11.8. The summed E-state index contributed by atoms with van der Waals surface area (Å²) >= 11 is 0. The average molecular weight is 468 g/mol. The Morgan fingerprint density at radius 1 is 1.12 bits per heavy atom. The molecule has 1 spiro atoms. The normalized spacial score (nSPS) is 19.5. The fraction of sp³-hybridized carbons (Fsp3) is 0.500. The van der Waals surface area contributed by atoms with Crippen LogP contribution in [0.15, 0.2) is 42.5 Å². The van der Waals surface area contributed by atoms with E-state index in [0.717, 1.165) is 31.2 Å². The quantitative estimate of drug-likeness (QED) is 0.673. The predicted molar refractivity (Wildman–Crippen MR) is 127 cm³/mol. The second-order valence-corrected chi connectivity index (χ2v) is 9.06. The lowest BCUT2D eigenvalue weighted by molar-refractivity contribution is -0.134. The Hall–Kier alpha value is -3.13. The summed E-state index contributed by atoms with van der Waals surface area (Å²) in [4.78, 5) is 31.7. The van der Waals surface area contributed by atoms with Crippen LogP contribution in [0.25, 0.3) is 0 Å². The van der Waals surface area contributed by atoms with Crippen molar-refractivity contribution in [2.45, 2.75) is 44.2 Å². The molecule has 0 radical (unpaired) electrons. The molecule has 8 heteroatoms. The number of nitrogens with zero attached hydrogens (tertiary/aromatic N) is 2. The Morgan fingerprint density at radius 2 is 1.88 bits per heavy atom. The van der Waals surface area contributed by atoms with Gasteiger partial charge in [0, 0.05) is 38.7 Å². The van der Waals surface area contributed by atoms with Gasteiger partial charge in [-0.05, 0) is 43.2 Å². The van der Waals surface area contributed by atoms with Crippen molar-refractivity contribution in [3.63, 3.8) is 0 Å². The summed E-state index contributed by atoms with van der Waals surface area (Å²) in [5.74, 6) is 0.936. The third kappa shape index (κ3) is 5.67. The number of hydrogen-bond donors (Lipinski definition) is 1. The van der Waals surface area contributed by atoms with Gasteiger partial charge in [-0.3, -0.25) is 9.59 Å². The van der Waals surface area contributed by atoms with Gasteiger partial charge in [0.15, 0.2) is 0 Å². The van der Waals surface area contributed by atoms with Crippen molar-refractivity contribution in [2.24, 2.45) is 5.92 Å². The largest absolute Gasteiger partial charge is 0.481 e. The highest BCUT2D eigenvalue weighted by Crippen LogP contribution is 2.39. The number of aromatic nitrogens is 1. The number of carbonyl (C=O) groups is 2. The Balaban J connectivity index is 1.30. The van der Waals surface area contributed by atoms with Gasteiger partial charge >= 0.3 is 0 Å². The molecule has 2 fully saturated rings. The number of nitrogens with one attached hydrogen (secondary N) is 1. The van der Waals surface area contributed by atoms with Gasteiger partial charge < -0.3 is 24.4 Å². The molecule has 34 heavy (non-hydrogen) atoms. The van der Waals surface area contributed by atoms with E-state index in [1.165, 1.54) is 14.2 Å². The molecule has 2 saturated heterocycles. The third-order valence-corrected chi connectivity index (χ3v) is 6.83. The van der Waals surface area contributed by atoms with Crippen LogP contribution in [0, 0.1) is 5.92 Å². The predicted octanol–water partition coefficient (Wildman–Crippen LogP) is 3.21. The van der Waals surface area contributed by atoms with E-state index in [4.69, 9.17) is 14.2 Å². The van der Waals surface area contributed by atoms with Crippen LogP contribution in [0.5, 0.6) is 11.8 Å². The summed E-state index contributed by atoms with van der Waals surface area (Å²) in [6, 6.07) is 13.3. The number of benzene rings is 1. The van der Waals surface area contributed by atoms with Crippen LogP contribution in [0.4, 0.5) is 0 Å². The number of methoxy groups -OCH3 is 2. The molecule has 4 rings (SSSR count). The molecule has 8 nitrogen and oxygen atoms in total. The monoisotopic (exact) mass is 467 g/mol. The fourth-order valence-electron chi connectivity index (χ4n) is 4.93. The summed E-state index contributed by atoms with van der Waals surface area (Å²) in [5.41, 5.74) is 1.26. The Labute approximate surface area is 200 Å². The molecule has 0 aliphatic carbocycles. The number of pyridine rings is 1. The first-order valence-electron chi connectivity index (χ1n) is 11.8. The van der Waals surface area contributed by atoms with Gasteiger partial charge in [0.25, 0.3) is 5.91 Å². The molecule has 182 valence electrons. The van der Waals surface area contributed by atoms with Crippen molar-refractivity contribution in [1.82, 2.24) is 15.2 Å². The van der Waals surface area contributed by atoms with E-state index in [0.29, 0.717) is 44.1 Å². The van der Waals surface area contributed by atoms with Crippen molar-refractivity contribution >= 4 is 11.8 Å². The lowest BCUT2D eigenvalue weighted by Gasteiger charge is -2.46. The van der Waals surface area contributed by atoms with Crippen molar-refractivity contribution in [3.05, 3.63) is 53.6 Å². The molecule has 1 aromatic heterocycles. The molecular formula is C26H33N3O5. The zero-order chi connectivity index (χ0) is 24.0. The average Bonchev–Trinajstić information content (AvgIpc) is 2.88. The first-order chi connectivity index (χ1) is 16.5. The molecule has 2 amide bonds. The Bertz CT molecular complexity index is 989. The van der Waals surface area contributed by atoms with Gasteiger partial charge in [0.05, 0.1) is 19.8 Å². The van der Waals surface area contributed by atoms with Gasteiger partial charge in [0.1, 0.15) is 5.56 Å². The highest BCUT2D eigenvalue weighted by Gasteiger charge is 2.42. The summed E-state index contributed by atoms with van der Waals surface area (Å²) in [7, 11) is 3.02. The van der Waals surface area contributed by atoms with Crippen molar-refractivity contribution < 1.29 is 23.8 Å². The summed E-state index contributed by atoms with van der Waals surface area (Å²) in [6.07, 6.45) is 3.76. The molecule has 2 aliphatic heterocycles. The van der Waals surface area contributed by atoms with Crippen molar-refractivity contribution in [3.8, 4) is 11.8 Å². The highest BCUT2D eigenvalue weighted by atomic mass is 16.5. The number of piperidine rings is 1. The van der Waals surface area contributed by atoms with Gasteiger partial charge in [0.2, 0.25) is 17.7 Å². The maximum absolute atomic E-state index is 13.1. The van der Waals surface area contributed by atoms with Crippen molar-refractivity contribution in [1.29, 1.82) is 0 Å². The molecule has 0 saturated carbocycles. The molecule has 1 atom stereocenters. The number of ether oxygens (including phenoxy) is 3. The number of amides is 2. The molecule has 2 aliphatic rings. The molecular weight excluding hydrogens is 434 g/mol. The Kier molecular flexibility index (Phi) is 7.67. The second-order valence-electron chi connectivity index (χ2n) is 9.06. The van der Waals surface area contributed by atoms with Crippen LogP contribution in [-0.2, 0) is 16.1 Å². The second kappa shape index (κ2) is 10.9. The van der Waals surface area contributed by atoms with Crippen molar-refractivity contribution in [2.75, 3.05) is 33.9 Å². The van der Waals surface area contributed by atoms with E-state index < -0.39 is 0 Å². The van der Waals surface area contributed by atoms with Crippen LogP contribution in [0.3, 0.4) is 0 Å². The lowest BCUT2D eigenvalue weighted by Crippen LogP contribution is -2.51. The van der Waals surface area contributed by atoms with Crippen LogP contribution >= 0.6 is 0 Å². The number of hydrogen-bond acceptors (Lipinski definition) is 6. The van der Waals surface area contributed by atoms with Gasteiger partial charge in [-0.15, -0.1) is 0 Å². The highest BCUT2D eigenvalue weighted by molar-refractivity contribution is 5.96. The smallest absolute Gasteiger partial charge is 0.259 e. The lowest BCUT2D eigenvalue weighted by atomic mass is 9.78. The summed E-state index contributed by atoms with van der Waals surface area (Å²) in [5, 5.41) is 3.04. The minimum absolute atomic E-state index is 0.0811. The van der Waals surface area contributed by atoms with Crippen LogP contribution < -0.4 is 14.8 Å². The van der Waals surface area contributed by atoms with Crippen LogP contribution in [0.1, 0.15) is 48.0 Å². The fourth-order valence-corrected chi connectivity index (χ4v) is 4.93. The van der Waals surface area contributed by atoms with Crippen LogP contribution in [0.2, 0.25) is 0 Å². The Morgan fingerprint density at radius 3 is 2.59 bits per heavy atom. The summed E-state index contributed by atoms with van der Waals surface area (Å²) < 4.78 is 16.7. The van der Waals surface area contributed by atoms with E-state index in [1.54, 1.807) is 12.1 Å². The molecule has 1 aromatic carbocycles. The van der Waals surface area contributed by atoms with E-state index in [1.807, 2.05) is 35.2 Å². The van der Waals surface area contributed by atoms with E-state index >= 15 is 0 Å².